The largest absolute Gasteiger partial charge is 0.353 e. The first kappa shape index (κ1) is 8.93. The maximum absolute atomic E-state index is 6.12. The molecule has 14 heavy (non-hydrogen) atoms. The van der Waals surface area contributed by atoms with Crippen molar-refractivity contribution >= 4 is 0 Å². The van der Waals surface area contributed by atoms with Crippen LogP contribution in [-0.2, 0) is 9.47 Å². The molecule has 0 aromatic heterocycles. The predicted octanol–water partition coefficient (Wildman–Crippen LogP) is 2.49. The number of fused-ring (bicyclic) bond motifs is 2. The first-order chi connectivity index (χ1) is 6.76. The smallest absolute Gasteiger partial charge is 0.158 e. The summed E-state index contributed by atoms with van der Waals surface area (Å²) in [6, 6.07) is 0. The molecule has 3 aliphatic rings. The molecule has 1 aliphatic heterocycles. The molecule has 0 spiro atoms. The second kappa shape index (κ2) is 3.07. The molecular weight excluding hydrogens is 176 g/mol. The van der Waals surface area contributed by atoms with Crippen LogP contribution in [0.3, 0.4) is 0 Å². The summed E-state index contributed by atoms with van der Waals surface area (Å²) in [5.74, 6) is 1.41. The van der Waals surface area contributed by atoms with E-state index in [0.29, 0.717) is 5.92 Å². The molecule has 3 rings (SSSR count). The number of allylic oxidation sites excluding steroid dienone is 1. The summed E-state index contributed by atoms with van der Waals surface area (Å²) in [6.07, 6.45) is 9.49. The molecule has 0 aromatic carbocycles. The van der Waals surface area contributed by atoms with Crippen LogP contribution in [-0.4, -0.2) is 18.5 Å². The van der Waals surface area contributed by atoms with E-state index < -0.39 is 0 Å². The molecule has 2 nitrogen and oxygen atoms in total. The number of hydrogen-bond donors (Lipinski definition) is 0. The highest BCUT2D eigenvalue weighted by atomic mass is 16.7. The van der Waals surface area contributed by atoms with E-state index in [-0.39, 0.29) is 11.9 Å². The Morgan fingerprint density at radius 1 is 1.43 bits per heavy atom. The van der Waals surface area contributed by atoms with Gasteiger partial charge in [-0.1, -0.05) is 12.2 Å². The molecule has 1 saturated heterocycles. The van der Waals surface area contributed by atoms with Crippen molar-refractivity contribution in [3.63, 3.8) is 0 Å². The van der Waals surface area contributed by atoms with E-state index in [4.69, 9.17) is 9.47 Å². The van der Waals surface area contributed by atoms with Gasteiger partial charge in [0.15, 0.2) is 6.29 Å². The summed E-state index contributed by atoms with van der Waals surface area (Å²) in [4.78, 5) is 0. The maximum Gasteiger partial charge on any atom is 0.158 e. The molecular formula is C12H18O2. The molecule has 2 aliphatic carbocycles. The molecule has 4 atom stereocenters. The highest BCUT2D eigenvalue weighted by Gasteiger charge is 2.47. The van der Waals surface area contributed by atoms with Gasteiger partial charge in [0, 0.05) is 18.9 Å². The summed E-state index contributed by atoms with van der Waals surface area (Å²) < 4.78 is 11.7. The van der Waals surface area contributed by atoms with E-state index in [9.17, 15) is 0 Å². The fourth-order valence-corrected chi connectivity index (χ4v) is 3.13. The van der Waals surface area contributed by atoms with Crippen LogP contribution in [0, 0.1) is 11.8 Å². The van der Waals surface area contributed by atoms with Crippen LogP contribution in [0.5, 0.6) is 0 Å². The van der Waals surface area contributed by atoms with Gasteiger partial charge in [-0.05, 0) is 32.1 Å². The lowest BCUT2D eigenvalue weighted by Crippen LogP contribution is -2.37. The van der Waals surface area contributed by atoms with Gasteiger partial charge in [0.05, 0.1) is 5.60 Å². The Morgan fingerprint density at radius 3 is 2.93 bits per heavy atom. The van der Waals surface area contributed by atoms with Crippen LogP contribution in [0.2, 0.25) is 0 Å². The van der Waals surface area contributed by atoms with Crippen LogP contribution < -0.4 is 0 Å². The molecule has 1 heterocycles. The molecule has 4 unspecified atom stereocenters. The summed E-state index contributed by atoms with van der Waals surface area (Å²) in [7, 11) is 0. The van der Waals surface area contributed by atoms with Crippen molar-refractivity contribution in [2.45, 2.75) is 44.5 Å². The zero-order chi connectivity index (χ0) is 9.60. The standard InChI is InChI=1S/C12H18O2/c1-12(14-11-3-2-6-13-11)8-9-4-5-10(12)7-9/h4-5,9-11H,2-3,6-8H2,1H3. The molecule has 2 heteroatoms. The van der Waals surface area contributed by atoms with Gasteiger partial charge in [0.2, 0.25) is 0 Å². The lowest BCUT2D eigenvalue weighted by molar-refractivity contribution is -0.192. The van der Waals surface area contributed by atoms with Gasteiger partial charge < -0.3 is 9.47 Å². The van der Waals surface area contributed by atoms with Crippen LogP contribution in [0.25, 0.3) is 0 Å². The molecule has 78 valence electrons. The molecule has 0 radical (unpaired) electrons. The Bertz CT molecular complexity index is 255. The minimum absolute atomic E-state index is 0.0639. The van der Waals surface area contributed by atoms with Crippen LogP contribution >= 0.6 is 0 Å². The normalized spacial score (nSPS) is 50.5. The summed E-state index contributed by atoms with van der Waals surface area (Å²) in [5.41, 5.74) is 0.0639. The topological polar surface area (TPSA) is 18.5 Å². The quantitative estimate of drug-likeness (QED) is 0.629. The van der Waals surface area contributed by atoms with Gasteiger partial charge in [-0.15, -0.1) is 0 Å². The second-order valence-electron chi connectivity index (χ2n) is 5.06. The fraction of sp³-hybridized carbons (Fsp3) is 0.833. The van der Waals surface area contributed by atoms with Gasteiger partial charge in [-0.3, -0.25) is 0 Å². The van der Waals surface area contributed by atoms with Crippen molar-refractivity contribution in [3.05, 3.63) is 12.2 Å². The van der Waals surface area contributed by atoms with E-state index in [0.717, 1.165) is 25.4 Å². The Balaban J connectivity index is 1.68. The predicted molar refractivity (Wildman–Crippen MR) is 53.8 cm³/mol. The second-order valence-corrected chi connectivity index (χ2v) is 5.06. The Labute approximate surface area is 85.3 Å². The van der Waals surface area contributed by atoms with Gasteiger partial charge >= 0.3 is 0 Å². The first-order valence-electron chi connectivity index (χ1n) is 5.74. The van der Waals surface area contributed by atoms with E-state index in [1.54, 1.807) is 0 Å². The van der Waals surface area contributed by atoms with E-state index >= 15 is 0 Å². The molecule has 0 amide bonds. The summed E-state index contributed by atoms with van der Waals surface area (Å²) in [6.45, 7) is 3.13. The molecule has 1 saturated carbocycles. The Kier molecular flexibility index (Phi) is 1.96. The lowest BCUT2D eigenvalue weighted by atomic mass is 9.90. The van der Waals surface area contributed by atoms with Crippen molar-refractivity contribution in [1.82, 2.24) is 0 Å². The third kappa shape index (κ3) is 1.32. The van der Waals surface area contributed by atoms with Gasteiger partial charge in [-0.2, -0.15) is 0 Å². The molecule has 0 N–H and O–H groups in total. The number of ether oxygens (including phenoxy) is 2. The third-order valence-electron chi connectivity index (χ3n) is 3.91. The van der Waals surface area contributed by atoms with E-state index in [2.05, 4.69) is 19.1 Å². The maximum atomic E-state index is 6.12. The Hall–Kier alpha value is -0.340. The molecule has 2 fully saturated rings. The highest BCUT2D eigenvalue weighted by molar-refractivity contribution is 5.16. The number of rotatable bonds is 2. The minimum atomic E-state index is 0.0639. The highest BCUT2D eigenvalue weighted by Crippen LogP contribution is 2.49. The average Bonchev–Trinajstić information content (AvgIpc) is 2.78. The minimum Gasteiger partial charge on any atom is -0.353 e. The Morgan fingerprint density at radius 2 is 2.36 bits per heavy atom. The van der Waals surface area contributed by atoms with Crippen molar-refractivity contribution in [1.29, 1.82) is 0 Å². The van der Waals surface area contributed by atoms with Crippen molar-refractivity contribution in [2.24, 2.45) is 11.8 Å². The third-order valence-corrected chi connectivity index (χ3v) is 3.91. The van der Waals surface area contributed by atoms with E-state index in [1.807, 2.05) is 0 Å². The molecule has 2 bridgehead atoms. The SMILES string of the molecule is CC1(OC2CCCO2)CC2C=CC1C2. The van der Waals surface area contributed by atoms with Gasteiger partial charge in [0.25, 0.3) is 0 Å². The monoisotopic (exact) mass is 194 g/mol. The van der Waals surface area contributed by atoms with Crippen molar-refractivity contribution in [2.75, 3.05) is 6.61 Å². The first-order valence-corrected chi connectivity index (χ1v) is 5.74. The molecule has 0 aromatic rings. The summed E-state index contributed by atoms with van der Waals surface area (Å²) >= 11 is 0. The average molecular weight is 194 g/mol. The van der Waals surface area contributed by atoms with Gasteiger partial charge in [-0.25, -0.2) is 0 Å². The summed E-state index contributed by atoms with van der Waals surface area (Å²) in [5, 5.41) is 0. The van der Waals surface area contributed by atoms with Crippen LogP contribution in [0.1, 0.15) is 32.6 Å². The van der Waals surface area contributed by atoms with Gasteiger partial charge in [0.1, 0.15) is 0 Å². The zero-order valence-corrected chi connectivity index (χ0v) is 8.74. The van der Waals surface area contributed by atoms with E-state index in [1.165, 1.54) is 12.8 Å². The fourth-order valence-electron chi connectivity index (χ4n) is 3.13. The number of hydrogen-bond acceptors (Lipinski definition) is 2. The zero-order valence-electron chi connectivity index (χ0n) is 8.74. The van der Waals surface area contributed by atoms with Crippen molar-refractivity contribution in [3.8, 4) is 0 Å². The van der Waals surface area contributed by atoms with Crippen LogP contribution in [0.4, 0.5) is 0 Å². The lowest BCUT2D eigenvalue weighted by Gasteiger charge is -2.34. The van der Waals surface area contributed by atoms with Crippen LogP contribution in [0.15, 0.2) is 12.2 Å². The van der Waals surface area contributed by atoms with Crippen molar-refractivity contribution < 1.29 is 9.47 Å².